The van der Waals surface area contributed by atoms with Gasteiger partial charge in [0.15, 0.2) is 0 Å². The van der Waals surface area contributed by atoms with Gasteiger partial charge in [0, 0.05) is 42.6 Å². The van der Waals surface area contributed by atoms with Crippen molar-refractivity contribution in [2.45, 2.75) is 13.1 Å². The number of hydrogen-bond acceptors (Lipinski definition) is 4. The van der Waals surface area contributed by atoms with E-state index in [4.69, 9.17) is 0 Å². The maximum atomic E-state index is 4.19. The molecule has 0 aromatic carbocycles. The molecule has 2 heterocycles. The second kappa shape index (κ2) is 4.86. The number of aromatic nitrogens is 3. The van der Waals surface area contributed by atoms with E-state index in [0.717, 1.165) is 23.7 Å². The standard InChI is InChI=1S/C10H12N4S/c1-2-14-8-9(6-13-14)5-11-7-10-12-3-4-15-10/h2-4,6,8,11H,1,5,7H2. The molecule has 0 bridgehead atoms. The molecule has 0 aliphatic carbocycles. The highest BCUT2D eigenvalue weighted by atomic mass is 32.1. The first-order valence-corrected chi connectivity index (χ1v) is 5.51. The van der Waals surface area contributed by atoms with Gasteiger partial charge >= 0.3 is 0 Å². The van der Waals surface area contributed by atoms with Gasteiger partial charge in [0.1, 0.15) is 5.01 Å². The summed E-state index contributed by atoms with van der Waals surface area (Å²) in [5, 5.41) is 10.5. The van der Waals surface area contributed by atoms with Gasteiger partial charge in [-0.1, -0.05) is 6.58 Å². The molecule has 0 saturated heterocycles. The second-order valence-electron chi connectivity index (χ2n) is 3.04. The normalized spacial score (nSPS) is 10.4. The summed E-state index contributed by atoms with van der Waals surface area (Å²) in [4.78, 5) is 4.19. The molecule has 2 rings (SSSR count). The SMILES string of the molecule is C=Cn1cc(CNCc2nccs2)cn1. The Bertz CT molecular complexity index is 418. The predicted octanol–water partition coefficient (Wildman–Crippen LogP) is 1.73. The average Bonchev–Trinajstić information content (AvgIpc) is 2.88. The van der Waals surface area contributed by atoms with Crippen LogP contribution in [0.1, 0.15) is 10.6 Å². The number of nitrogens with zero attached hydrogens (tertiary/aromatic N) is 3. The number of rotatable bonds is 5. The summed E-state index contributed by atoms with van der Waals surface area (Å²) in [6.07, 6.45) is 7.26. The van der Waals surface area contributed by atoms with Gasteiger partial charge in [-0.2, -0.15) is 5.10 Å². The van der Waals surface area contributed by atoms with E-state index in [2.05, 4.69) is 22.0 Å². The monoisotopic (exact) mass is 220 g/mol. The molecule has 1 N–H and O–H groups in total. The van der Waals surface area contributed by atoms with Crippen molar-refractivity contribution in [2.75, 3.05) is 0 Å². The Hall–Kier alpha value is -1.46. The first kappa shape index (κ1) is 10.1. The minimum absolute atomic E-state index is 0.799. The zero-order chi connectivity index (χ0) is 10.5. The van der Waals surface area contributed by atoms with Gasteiger partial charge in [-0.15, -0.1) is 11.3 Å². The molecule has 0 amide bonds. The lowest BCUT2D eigenvalue weighted by atomic mass is 10.3. The maximum absolute atomic E-state index is 4.19. The van der Waals surface area contributed by atoms with Crippen molar-refractivity contribution in [3.63, 3.8) is 0 Å². The molecule has 0 aliphatic heterocycles. The smallest absolute Gasteiger partial charge is 0.106 e. The molecule has 15 heavy (non-hydrogen) atoms. The zero-order valence-corrected chi connectivity index (χ0v) is 9.07. The zero-order valence-electron chi connectivity index (χ0n) is 8.26. The lowest BCUT2D eigenvalue weighted by molar-refractivity contribution is 0.690. The largest absolute Gasteiger partial charge is 0.306 e. The van der Waals surface area contributed by atoms with E-state index in [1.165, 1.54) is 0 Å². The summed E-state index contributed by atoms with van der Waals surface area (Å²) in [6.45, 7) is 5.24. The maximum Gasteiger partial charge on any atom is 0.106 e. The molecule has 0 saturated carbocycles. The van der Waals surface area contributed by atoms with Gasteiger partial charge in [0.25, 0.3) is 0 Å². The van der Waals surface area contributed by atoms with E-state index in [1.54, 1.807) is 22.2 Å². The first-order chi connectivity index (χ1) is 7.38. The number of thiazole rings is 1. The highest BCUT2D eigenvalue weighted by Gasteiger charge is 1.97. The molecule has 2 aromatic heterocycles. The van der Waals surface area contributed by atoms with E-state index in [9.17, 15) is 0 Å². The molecular formula is C10H12N4S. The fraction of sp³-hybridized carbons (Fsp3) is 0.200. The molecule has 4 nitrogen and oxygen atoms in total. The van der Waals surface area contributed by atoms with Crippen LogP contribution >= 0.6 is 11.3 Å². The summed E-state index contributed by atoms with van der Waals surface area (Å²) in [7, 11) is 0. The minimum Gasteiger partial charge on any atom is -0.306 e. The van der Waals surface area contributed by atoms with Crippen molar-refractivity contribution in [3.8, 4) is 0 Å². The van der Waals surface area contributed by atoms with Crippen LogP contribution in [0, 0.1) is 0 Å². The first-order valence-electron chi connectivity index (χ1n) is 4.63. The van der Waals surface area contributed by atoms with E-state index in [0.29, 0.717) is 0 Å². The second-order valence-corrected chi connectivity index (χ2v) is 4.02. The van der Waals surface area contributed by atoms with Crippen molar-refractivity contribution in [1.29, 1.82) is 0 Å². The summed E-state index contributed by atoms with van der Waals surface area (Å²) in [6, 6.07) is 0. The molecule has 0 unspecified atom stereocenters. The molecule has 0 spiro atoms. The Morgan fingerprint density at radius 1 is 1.53 bits per heavy atom. The topological polar surface area (TPSA) is 42.7 Å². The molecule has 2 aromatic rings. The highest BCUT2D eigenvalue weighted by molar-refractivity contribution is 7.09. The van der Waals surface area contributed by atoms with Crippen LogP contribution in [0.25, 0.3) is 6.20 Å². The van der Waals surface area contributed by atoms with Crippen LogP contribution in [-0.2, 0) is 13.1 Å². The Morgan fingerprint density at radius 3 is 3.13 bits per heavy atom. The molecule has 78 valence electrons. The molecule has 0 aliphatic rings. The Balaban J connectivity index is 1.80. The Labute approximate surface area is 92.3 Å². The minimum atomic E-state index is 0.799. The van der Waals surface area contributed by atoms with Crippen LogP contribution in [0.4, 0.5) is 0 Å². The predicted molar refractivity (Wildman–Crippen MR) is 61.3 cm³/mol. The van der Waals surface area contributed by atoms with Gasteiger partial charge in [-0.25, -0.2) is 9.67 Å². The quantitative estimate of drug-likeness (QED) is 0.834. The molecule has 0 fully saturated rings. The van der Waals surface area contributed by atoms with Gasteiger partial charge in [-0.05, 0) is 0 Å². The average molecular weight is 220 g/mol. The van der Waals surface area contributed by atoms with Gasteiger partial charge in [0.05, 0.1) is 6.20 Å². The Kier molecular flexibility index (Phi) is 3.26. The fourth-order valence-electron chi connectivity index (χ4n) is 1.22. The fourth-order valence-corrected chi connectivity index (χ4v) is 1.81. The van der Waals surface area contributed by atoms with E-state index >= 15 is 0 Å². The summed E-state index contributed by atoms with van der Waals surface area (Å²) in [5.74, 6) is 0. The van der Waals surface area contributed by atoms with Crippen LogP contribution < -0.4 is 5.32 Å². The van der Waals surface area contributed by atoms with Gasteiger partial charge in [0.2, 0.25) is 0 Å². The lowest BCUT2D eigenvalue weighted by Gasteiger charge is -1.98. The summed E-state index contributed by atoms with van der Waals surface area (Å²) in [5.41, 5.74) is 1.14. The number of nitrogens with one attached hydrogen (secondary N) is 1. The van der Waals surface area contributed by atoms with Gasteiger partial charge < -0.3 is 5.32 Å². The third-order valence-corrected chi connectivity index (χ3v) is 2.71. The molecule has 0 radical (unpaired) electrons. The number of hydrogen-bond donors (Lipinski definition) is 1. The molecular weight excluding hydrogens is 208 g/mol. The summed E-state index contributed by atoms with van der Waals surface area (Å²) < 4.78 is 1.69. The third kappa shape index (κ3) is 2.74. The van der Waals surface area contributed by atoms with Crippen LogP contribution in [-0.4, -0.2) is 14.8 Å². The van der Waals surface area contributed by atoms with Crippen molar-refractivity contribution < 1.29 is 0 Å². The van der Waals surface area contributed by atoms with E-state index in [-0.39, 0.29) is 0 Å². The van der Waals surface area contributed by atoms with Crippen molar-refractivity contribution in [2.24, 2.45) is 0 Å². The van der Waals surface area contributed by atoms with E-state index in [1.807, 2.05) is 24.0 Å². The van der Waals surface area contributed by atoms with E-state index < -0.39 is 0 Å². The lowest BCUT2D eigenvalue weighted by Crippen LogP contribution is -2.11. The van der Waals surface area contributed by atoms with Crippen molar-refractivity contribution in [1.82, 2.24) is 20.1 Å². The van der Waals surface area contributed by atoms with Crippen molar-refractivity contribution in [3.05, 3.63) is 41.1 Å². The third-order valence-electron chi connectivity index (χ3n) is 1.93. The summed E-state index contributed by atoms with van der Waals surface area (Å²) >= 11 is 1.66. The molecule has 0 atom stereocenters. The van der Waals surface area contributed by atoms with Crippen molar-refractivity contribution >= 4 is 17.5 Å². The van der Waals surface area contributed by atoms with Crippen LogP contribution in [0.15, 0.2) is 30.5 Å². The highest BCUT2D eigenvalue weighted by Crippen LogP contribution is 2.03. The van der Waals surface area contributed by atoms with Crippen LogP contribution in [0.3, 0.4) is 0 Å². The van der Waals surface area contributed by atoms with Crippen LogP contribution in [0.2, 0.25) is 0 Å². The van der Waals surface area contributed by atoms with Gasteiger partial charge in [-0.3, -0.25) is 0 Å². The Morgan fingerprint density at radius 2 is 2.47 bits per heavy atom. The molecule has 5 heteroatoms. The van der Waals surface area contributed by atoms with Crippen LogP contribution in [0.5, 0.6) is 0 Å².